The van der Waals surface area contributed by atoms with Crippen molar-refractivity contribution in [3.05, 3.63) is 0 Å². The molecule has 0 unspecified atom stereocenters. The van der Waals surface area contributed by atoms with Crippen LogP contribution in [0.25, 0.3) is 0 Å². The highest BCUT2D eigenvalue weighted by atomic mass is 16.8. The minimum Gasteiger partial charge on any atom is -0.349 e. The van der Waals surface area contributed by atoms with Gasteiger partial charge < -0.3 is 19.7 Å². The molecule has 6 heteroatoms. The highest BCUT2D eigenvalue weighted by Gasteiger charge is 2.56. The summed E-state index contributed by atoms with van der Waals surface area (Å²) in [6.45, 7) is 16.6. The maximum absolute atomic E-state index is 13.2. The molecule has 0 aromatic carbocycles. The second-order valence-electron chi connectivity index (χ2n) is 9.99. The van der Waals surface area contributed by atoms with Crippen LogP contribution in [0.5, 0.6) is 0 Å². The highest BCUT2D eigenvalue weighted by Crippen LogP contribution is 2.37. The van der Waals surface area contributed by atoms with Crippen LogP contribution in [0.4, 0.5) is 0 Å². The van der Waals surface area contributed by atoms with Gasteiger partial charge in [-0.15, -0.1) is 0 Å². The van der Waals surface area contributed by atoms with Crippen molar-refractivity contribution in [2.24, 2.45) is 5.41 Å². The lowest BCUT2D eigenvalue weighted by Crippen LogP contribution is -2.56. The van der Waals surface area contributed by atoms with Crippen LogP contribution in [-0.4, -0.2) is 52.8 Å². The van der Waals surface area contributed by atoms with Crippen molar-refractivity contribution in [3.8, 4) is 0 Å². The molecule has 0 radical (unpaired) electrons. The predicted octanol–water partition coefficient (Wildman–Crippen LogP) is 2.85. The van der Waals surface area contributed by atoms with Crippen LogP contribution in [-0.2, 0) is 19.1 Å². The first-order valence-corrected chi connectivity index (χ1v) is 9.72. The Morgan fingerprint density at radius 1 is 1.15 bits per heavy atom. The zero-order valence-electron chi connectivity index (χ0n) is 17.6. The Bertz CT molecular complexity index is 551. The van der Waals surface area contributed by atoms with E-state index in [1.807, 2.05) is 34.6 Å². The first-order valence-electron chi connectivity index (χ1n) is 9.72. The molecule has 2 rings (SSSR count). The lowest BCUT2D eigenvalue weighted by Gasteiger charge is -2.36. The quantitative estimate of drug-likeness (QED) is 0.810. The number of carbonyl (C=O) groups excluding carboxylic acids is 2. The molecular weight excluding hydrogens is 332 g/mol. The number of hydrogen-bond donors (Lipinski definition) is 1. The van der Waals surface area contributed by atoms with E-state index in [2.05, 4.69) is 26.1 Å². The number of rotatable bonds is 5. The zero-order chi connectivity index (χ0) is 19.9. The predicted molar refractivity (Wildman–Crippen MR) is 101 cm³/mol. The van der Waals surface area contributed by atoms with Gasteiger partial charge in [-0.1, -0.05) is 27.7 Å². The van der Waals surface area contributed by atoms with Crippen LogP contribution in [0.1, 0.15) is 74.7 Å². The van der Waals surface area contributed by atoms with Crippen molar-refractivity contribution in [1.29, 1.82) is 0 Å². The number of amides is 2. The molecule has 0 bridgehead atoms. The maximum Gasteiger partial charge on any atom is 0.246 e. The first-order chi connectivity index (χ1) is 11.7. The van der Waals surface area contributed by atoms with E-state index >= 15 is 0 Å². The molecule has 150 valence electrons. The van der Waals surface area contributed by atoms with Gasteiger partial charge in [-0.2, -0.15) is 0 Å². The molecule has 2 amide bonds. The third-order valence-corrected chi connectivity index (χ3v) is 4.73. The van der Waals surface area contributed by atoms with Crippen molar-refractivity contribution < 1.29 is 19.1 Å². The normalized spacial score (nSPS) is 28.2. The Balaban J connectivity index is 2.20. The molecule has 6 nitrogen and oxygen atoms in total. The van der Waals surface area contributed by atoms with Gasteiger partial charge in [-0.05, 0) is 46.0 Å². The Hall–Kier alpha value is -1.14. The number of ether oxygens (including phenoxy) is 2. The third kappa shape index (κ3) is 4.97. The van der Waals surface area contributed by atoms with Crippen LogP contribution in [0.2, 0.25) is 0 Å². The van der Waals surface area contributed by atoms with Gasteiger partial charge in [-0.3, -0.25) is 9.59 Å². The van der Waals surface area contributed by atoms with E-state index in [0.29, 0.717) is 13.0 Å². The summed E-state index contributed by atoms with van der Waals surface area (Å²) in [5.74, 6) is -0.896. The summed E-state index contributed by atoms with van der Waals surface area (Å²) >= 11 is 0. The number of carbonyl (C=O) groups is 2. The highest BCUT2D eigenvalue weighted by molar-refractivity contribution is 5.89. The minimum absolute atomic E-state index is 0.0133. The number of fused-ring (bicyclic) bond motifs is 1. The van der Waals surface area contributed by atoms with Crippen molar-refractivity contribution in [3.63, 3.8) is 0 Å². The van der Waals surface area contributed by atoms with Crippen LogP contribution in [0.15, 0.2) is 0 Å². The average Bonchev–Trinajstić information content (AvgIpc) is 2.86. The molecule has 0 aromatic rings. The maximum atomic E-state index is 13.2. The summed E-state index contributed by atoms with van der Waals surface area (Å²) in [5.41, 5.74) is -0.288. The molecule has 0 saturated carbocycles. The van der Waals surface area contributed by atoms with E-state index in [4.69, 9.17) is 9.47 Å². The molecule has 2 heterocycles. The largest absolute Gasteiger partial charge is 0.349 e. The van der Waals surface area contributed by atoms with Crippen molar-refractivity contribution >= 4 is 11.8 Å². The average molecular weight is 369 g/mol. The molecule has 3 atom stereocenters. The third-order valence-electron chi connectivity index (χ3n) is 4.73. The van der Waals surface area contributed by atoms with E-state index < -0.39 is 17.9 Å². The Kier molecular flexibility index (Phi) is 5.79. The van der Waals surface area contributed by atoms with Crippen LogP contribution < -0.4 is 5.32 Å². The van der Waals surface area contributed by atoms with Gasteiger partial charge in [-0.25, -0.2) is 0 Å². The Morgan fingerprint density at radius 2 is 1.77 bits per heavy atom. The molecule has 0 aliphatic carbocycles. The van der Waals surface area contributed by atoms with Gasteiger partial charge in [0, 0.05) is 12.0 Å². The van der Waals surface area contributed by atoms with E-state index in [1.54, 1.807) is 4.90 Å². The number of likely N-dealkylation sites (tertiary alicyclic amines) is 1. The molecule has 26 heavy (non-hydrogen) atoms. The fourth-order valence-corrected chi connectivity index (χ4v) is 4.44. The molecule has 2 fully saturated rings. The van der Waals surface area contributed by atoms with Crippen LogP contribution in [0, 0.1) is 5.41 Å². The summed E-state index contributed by atoms with van der Waals surface area (Å²) in [4.78, 5) is 27.4. The molecule has 2 aliphatic heterocycles. The molecule has 1 N–H and O–H groups in total. The molecular formula is C20H36N2O4. The molecule has 2 aliphatic rings. The van der Waals surface area contributed by atoms with Crippen LogP contribution in [0.3, 0.4) is 0 Å². The Morgan fingerprint density at radius 3 is 2.31 bits per heavy atom. The second kappa shape index (κ2) is 7.12. The molecule has 0 aromatic heterocycles. The summed E-state index contributed by atoms with van der Waals surface area (Å²) in [6.07, 6.45) is 1.33. The number of nitrogens with zero attached hydrogens (tertiary/aromatic N) is 1. The summed E-state index contributed by atoms with van der Waals surface area (Å²) in [6, 6.07) is -0.639. The number of nitrogens with one attached hydrogen (secondary N) is 1. The molecule has 0 spiro atoms. The molecule has 2 saturated heterocycles. The summed E-state index contributed by atoms with van der Waals surface area (Å²) in [7, 11) is 0. The summed E-state index contributed by atoms with van der Waals surface area (Å²) < 4.78 is 11.9. The van der Waals surface area contributed by atoms with Gasteiger partial charge in [0.1, 0.15) is 18.2 Å². The minimum atomic E-state index is -0.727. The van der Waals surface area contributed by atoms with Crippen LogP contribution >= 0.6 is 0 Å². The van der Waals surface area contributed by atoms with Gasteiger partial charge >= 0.3 is 0 Å². The second-order valence-corrected chi connectivity index (χ2v) is 9.99. The van der Waals surface area contributed by atoms with Gasteiger partial charge in [0.15, 0.2) is 5.79 Å². The smallest absolute Gasteiger partial charge is 0.246 e. The van der Waals surface area contributed by atoms with Gasteiger partial charge in [0.25, 0.3) is 0 Å². The fraction of sp³-hybridized carbons (Fsp3) is 0.900. The van der Waals surface area contributed by atoms with Crippen molar-refractivity contribution in [2.75, 3.05) is 6.54 Å². The lowest BCUT2D eigenvalue weighted by atomic mass is 9.81. The van der Waals surface area contributed by atoms with E-state index in [1.165, 1.54) is 0 Å². The van der Waals surface area contributed by atoms with E-state index in [9.17, 15) is 9.59 Å². The fourth-order valence-electron chi connectivity index (χ4n) is 4.44. The topological polar surface area (TPSA) is 67.9 Å². The van der Waals surface area contributed by atoms with E-state index in [-0.39, 0.29) is 28.9 Å². The summed E-state index contributed by atoms with van der Waals surface area (Å²) in [5, 5.41) is 3.15. The first kappa shape index (κ1) is 21.2. The van der Waals surface area contributed by atoms with Crippen molar-refractivity contribution in [2.45, 2.75) is 104 Å². The standard InChI is InChI=1S/C20H36N2O4/c1-9-10-14(23)22-11-13-16(26-20(7,8)25-13)15(22)17(24)21-19(5,6)12-18(2,3)4/h13,15-16H,9-12H2,1-8H3,(H,21,24)/t13-,15-,16-/m0/s1. The lowest BCUT2D eigenvalue weighted by molar-refractivity contribution is -0.170. The monoisotopic (exact) mass is 368 g/mol. The van der Waals surface area contributed by atoms with Gasteiger partial charge in [0.05, 0.1) is 6.54 Å². The Labute approximate surface area is 158 Å². The number of hydrogen-bond acceptors (Lipinski definition) is 4. The van der Waals surface area contributed by atoms with E-state index in [0.717, 1.165) is 12.8 Å². The SMILES string of the molecule is CCCC(=O)N1C[C@@H]2OC(C)(C)O[C@@H]2[C@H]1C(=O)NC(C)(C)CC(C)(C)C. The zero-order valence-corrected chi connectivity index (χ0v) is 17.6. The van der Waals surface area contributed by atoms with Crippen molar-refractivity contribution in [1.82, 2.24) is 10.2 Å². The van der Waals surface area contributed by atoms with Gasteiger partial charge in [0.2, 0.25) is 11.8 Å².